The topological polar surface area (TPSA) is 18.5 Å². The Balaban J connectivity index is 2.90. The molecule has 2 nitrogen and oxygen atoms in total. The SMILES string of the molecule is CC1CCCCC1(OC(C)(C)C)OC(C)(C)C. The molecule has 1 rings (SSSR count). The maximum atomic E-state index is 6.33. The van der Waals surface area contributed by atoms with Gasteiger partial charge in [0, 0.05) is 12.3 Å². The summed E-state index contributed by atoms with van der Waals surface area (Å²) < 4.78 is 12.7. The van der Waals surface area contributed by atoms with Crippen LogP contribution >= 0.6 is 0 Å². The molecule has 102 valence electrons. The highest BCUT2D eigenvalue weighted by atomic mass is 16.7. The molecule has 1 fully saturated rings. The van der Waals surface area contributed by atoms with Crippen LogP contribution in [-0.2, 0) is 9.47 Å². The molecule has 0 saturated heterocycles. The van der Waals surface area contributed by atoms with Gasteiger partial charge >= 0.3 is 0 Å². The van der Waals surface area contributed by atoms with Crippen LogP contribution in [0.1, 0.15) is 74.1 Å². The largest absolute Gasteiger partial charge is 0.344 e. The predicted octanol–water partition coefficient (Wildman–Crippen LogP) is 4.52. The summed E-state index contributed by atoms with van der Waals surface area (Å²) in [5.74, 6) is 0.0732. The van der Waals surface area contributed by atoms with Crippen molar-refractivity contribution >= 4 is 0 Å². The third kappa shape index (κ3) is 4.59. The summed E-state index contributed by atoms with van der Waals surface area (Å²) in [6.45, 7) is 14.9. The van der Waals surface area contributed by atoms with Gasteiger partial charge in [0.25, 0.3) is 0 Å². The first kappa shape index (κ1) is 15.0. The van der Waals surface area contributed by atoms with Crippen LogP contribution in [0.25, 0.3) is 0 Å². The maximum absolute atomic E-state index is 6.33. The van der Waals surface area contributed by atoms with Gasteiger partial charge in [0.15, 0.2) is 5.79 Å². The molecule has 1 saturated carbocycles. The third-order valence-electron chi connectivity index (χ3n) is 3.12. The molecular weight excluding hydrogens is 212 g/mol. The minimum Gasteiger partial charge on any atom is -0.344 e. The summed E-state index contributed by atoms with van der Waals surface area (Å²) in [6.07, 6.45) is 4.72. The fraction of sp³-hybridized carbons (Fsp3) is 1.00. The molecule has 1 aliphatic rings. The summed E-state index contributed by atoms with van der Waals surface area (Å²) in [7, 11) is 0. The fourth-order valence-electron chi connectivity index (χ4n) is 2.65. The van der Waals surface area contributed by atoms with Crippen molar-refractivity contribution in [1.82, 2.24) is 0 Å². The molecule has 0 radical (unpaired) electrons. The second-order valence-electron chi connectivity index (χ2n) is 7.39. The lowest BCUT2D eigenvalue weighted by atomic mass is 9.83. The van der Waals surface area contributed by atoms with Crippen LogP contribution in [0.3, 0.4) is 0 Å². The highest BCUT2D eigenvalue weighted by molar-refractivity contribution is 4.86. The van der Waals surface area contributed by atoms with E-state index in [0.29, 0.717) is 5.92 Å². The predicted molar refractivity (Wildman–Crippen MR) is 72.0 cm³/mol. The zero-order valence-corrected chi connectivity index (χ0v) is 12.7. The van der Waals surface area contributed by atoms with Gasteiger partial charge in [-0.2, -0.15) is 0 Å². The van der Waals surface area contributed by atoms with E-state index in [1.807, 2.05) is 0 Å². The van der Waals surface area contributed by atoms with Gasteiger partial charge in [-0.3, -0.25) is 0 Å². The highest BCUT2D eigenvalue weighted by Crippen LogP contribution is 2.42. The van der Waals surface area contributed by atoms with Crippen LogP contribution in [0.2, 0.25) is 0 Å². The minimum absolute atomic E-state index is 0.156. The van der Waals surface area contributed by atoms with Crippen LogP contribution in [0.5, 0.6) is 0 Å². The number of hydrogen-bond acceptors (Lipinski definition) is 2. The summed E-state index contributed by atoms with van der Waals surface area (Å²) in [5.41, 5.74) is -0.312. The lowest BCUT2D eigenvalue weighted by Gasteiger charge is -2.48. The number of ether oxygens (including phenoxy) is 2. The molecule has 0 amide bonds. The fourth-order valence-corrected chi connectivity index (χ4v) is 2.65. The van der Waals surface area contributed by atoms with Gasteiger partial charge in [-0.1, -0.05) is 13.3 Å². The van der Waals surface area contributed by atoms with Gasteiger partial charge in [-0.15, -0.1) is 0 Å². The normalized spacial score (nSPS) is 25.9. The summed E-state index contributed by atoms with van der Waals surface area (Å²) in [4.78, 5) is 0. The van der Waals surface area contributed by atoms with Crippen molar-refractivity contribution in [2.75, 3.05) is 0 Å². The van der Waals surface area contributed by atoms with Crippen molar-refractivity contribution in [1.29, 1.82) is 0 Å². The Morgan fingerprint density at radius 1 is 0.882 bits per heavy atom. The molecule has 0 heterocycles. The van der Waals surface area contributed by atoms with Gasteiger partial charge in [-0.25, -0.2) is 0 Å². The summed E-state index contributed by atoms with van der Waals surface area (Å²) >= 11 is 0. The second-order valence-corrected chi connectivity index (χ2v) is 7.39. The molecule has 0 aliphatic heterocycles. The Labute approximate surface area is 107 Å². The molecule has 17 heavy (non-hydrogen) atoms. The maximum Gasteiger partial charge on any atom is 0.172 e. The van der Waals surface area contributed by atoms with E-state index >= 15 is 0 Å². The van der Waals surface area contributed by atoms with Crippen molar-refractivity contribution in [2.45, 2.75) is 91.1 Å². The van der Waals surface area contributed by atoms with Crippen molar-refractivity contribution in [3.8, 4) is 0 Å². The zero-order chi connectivity index (χ0) is 13.3. The molecule has 1 unspecified atom stereocenters. The zero-order valence-electron chi connectivity index (χ0n) is 12.7. The Hall–Kier alpha value is -0.0800. The number of rotatable bonds is 2. The first-order valence-electron chi connectivity index (χ1n) is 6.94. The third-order valence-corrected chi connectivity index (χ3v) is 3.12. The highest BCUT2D eigenvalue weighted by Gasteiger charge is 2.45. The molecule has 1 atom stereocenters. The average molecular weight is 242 g/mol. The molecule has 0 N–H and O–H groups in total. The molecule has 0 spiro atoms. The van der Waals surface area contributed by atoms with E-state index in [0.717, 1.165) is 6.42 Å². The van der Waals surface area contributed by atoms with Gasteiger partial charge in [0.1, 0.15) is 0 Å². The standard InChI is InChI=1S/C15H30O2/c1-12-10-8-9-11-15(12,16-13(2,3)4)17-14(5,6)7/h12H,8-11H2,1-7H3. The molecule has 2 heteroatoms. The molecule has 0 aromatic carbocycles. The Kier molecular flexibility index (Phi) is 4.31. The first-order chi connectivity index (χ1) is 7.54. The Bertz CT molecular complexity index is 229. The van der Waals surface area contributed by atoms with Gasteiger partial charge < -0.3 is 9.47 Å². The molecule has 1 aliphatic carbocycles. The molecule has 0 aromatic heterocycles. The van der Waals surface area contributed by atoms with E-state index < -0.39 is 5.79 Å². The van der Waals surface area contributed by atoms with Crippen molar-refractivity contribution in [2.24, 2.45) is 5.92 Å². The monoisotopic (exact) mass is 242 g/mol. The molecular formula is C15H30O2. The van der Waals surface area contributed by atoms with Crippen LogP contribution < -0.4 is 0 Å². The van der Waals surface area contributed by atoms with Gasteiger partial charge in [0.2, 0.25) is 0 Å². The molecule has 0 aromatic rings. The number of hydrogen-bond donors (Lipinski definition) is 0. The Morgan fingerprint density at radius 2 is 1.35 bits per heavy atom. The first-order valence-corrected chi connectivity index (χ1v) is 6.94. The van der Waals surface area contributed by atoms with E-state index in [-0.39, 0.29) is 11.2 Å². The summed E-state index contributed by atoms with van der Waals surface area (Å²) in [5, 5.41) is 0. The van der Waals surface area contributed by atoms with Gasteiger partial charge in [0.05, 0.1) is 11.2 Å². The van der Waals surface area contributed by atoms with Gasteiger partial charge in [-0.05, 0) is 54.4 Å². The van der Waals surface area contributed by atoms with Crippen molar-refractivity contribution in [3.63, 3.8) is 0 Å². The lowest BCUT2D eigenvalue weighted by molar-refractivity contribution is -0.341. The van der Waals surface area contributed by atoms with Crippen LogP contribution in [0.15, 0.2) is 0 Å². The second kappa shape index (κ2) is 4.89. The van der Waals surface area contributed by atoms with Crippen molar-refractivity contribution in [3.05, 3.63) is 0 Å². The minimum atomic E-state index is -0.394. The van der Waals surface area contributed by atoms with Crippen LogP contribution in [0, 0.1) is 5.92 Å². The average Bonchev–Trinajstić information content (AvgIpc) is 2.04. The van der Waals surface area contributed by atoms with E-state index in [2.05, 4.69) is 48.5 Å². The van der Waals surface area contributed by atoms with Crippen molar-refractivity contribution < 1.29 is 9.47 Å². The quantitative estimate of drug-likeness (QED) is 0.663. The Morgan fingerprint density at radius 3 is 1.71 bits per heavy atom. The van der Waals surface area contributed by atoms with E-state index in [1.54, 1.807) is 0 Å². The van der Waals surface area contributed by atoms with E-state index in [1.165, 1.54) is 19.3 Å². The molecule has 0 bridgehead atoms. The van der Waals surface area contributed by atoms with E-state index in [4.69, 9.17) is 9.47 Å². The summed E-state index contributed by atoms with van der Waals surface area (Å²) in [6, 6.07) is 0. The lowest BCUT2D eigenvalue weighted by Crippen LogP contribution is -2.52. The van der Waals surface area contributed by atoms with E-state index in [9.17, 15) is 0 Å². The van der Waals surface area contributed by atoms with Crippen LogP contribution in [-0.4, -0.2) is 17.0 Å². The van der Waals surface area contributed by atoms with Crippen LogP contribution in [0.4, 0.5) is 0 Å². The smallest absolute Gasteiger partial charge is 0.172 e.